The highest BCUT2D eigenvalue weighted by Gasteiger charge is 2.33. The molecule has 26 heavy (non-hydrogen) atoms. The Balaban J connectivity index is 1.42. The van der Waals surface area contributed by atoms with Crippen LogP contribution < -0.4 is 5.32 Å². The fraction of sp³-hybridized carbons (Fsp3) is 0.750. The molecular formula is C20H32N4O2. The molecule has 0 unspecified atom stereocenters. The van der Waals surface area contributed by atoms with Crippen LogP contribution in [0.3, 0.4) is 0 Å². The van der Waals surface area contributed by atoms with Crippen molar-refractivity contribution in [2.24, 2.45) is 11.3 Å². The first-order chi connectivity index (χ1) is 12.5. The number of amides is 2. The first-order valence-corrected chi connectivity index (χ1v) is 10.0. The second kappa shape index (κ2) is 8.23. The Hall–Kier alpha value is -1.85. The van der Waals surface area contributed by atoms with Gasteiger partial charge in [-0.2, -0.15) is 5.10 Å². The molecule has 0 bridgehead atoms. The molecule has 0 atom stereocenters. The number of aromatic nitrogens is 2. The Morgan fingerprint density at radius 1 is 1.27 bits per heavy atom. The van der Waals surface area contributed by atoms with E-state index >= 15 is 0 Å². The summed E-state index contributed by atoms with van der Waals surface area (Å²) in [5, 5.41) is 10.2. The minimum absolute atomic E-state index is 0.0873. The number of carbonyl (C=O) groups is 2. The van der Waals surface area contributed by atoms with Crippen LogP contribution in [0, 0.1) is 18.3 Å². The van der Waals surface area contributed by atoms with Gasteiger partial charge < -0.3 is 10.2 Å². The Morgan fingerprint density at radius 3 is 2.58 bits per heavy atom. The second-order valence-electron chi connectivity index (χ2n) is 8.46. The lowest BCUT2D eigenvalue weighted by Crippen LogP contribution is -2.47. The summed E-state index contributed by atoms with van der Waals surface area (Å²) in [4.78, 5) is 26.8. The third kappa shape index (κ3) is 4.86. The van der Waals surface area contributed by atoms with Crippen LogP contribution in [0.15, 0.2) is 6.07 Å². The molecule has 1 saturated carbocycles. The number of rotatable bonds is 5. The van der Waals surface area contributed by atoms with Gasteiger partial charge in [-0.15, -0.1) is 0 Å². The number of carbonyl (C=O) groups excluding carboxylic acids is 2. The van der Waals surface area contributed by atoms with Gasteiger partial charge >= 0.3 is 0 Å². The van der Waals surface area contributed by atoms with Gasteiger partial charge in [-0.25, -0.2) is 0 Å². The fourth-order valence-corrected chi connectivity index (χ4v) is 4.11. The predicted molar refractivity (Wildman–Crippen MR) is 101 cm³/mol. The van der Waals surface area contributed by atoms with Crippen molar-refractivity contribution in [3.8, 4) is 0 Å². The summed E-state index contributed by atoms with van der Waals surface area (Å²) in [6.45, 7) is 6.42. The fourth-order valence-electron chi connectivity index (χ4n) is 4.11. The van der Waals surface area contributed by atoms with Crippen LogP contribution in [0.5, 0.6) is 0 Å². The number of likely N-dealkylation sites (tertiary alicyclic amines) is 1. The molecule has 1 saturated heterocycles. The van der Waals surface area contributed by atoms with Crippen LogP contribution in [-0.4, -0.2) is 46.5 Å². The summed E-state index contributed by atoms with van der Waals surface area (Å²) in [6, 6.07) is 1.92. The number of aryl methyl sites for hydroxylation is 1. The third-order valence-corrected chi connectivity index (χ3v) is 6.08. The molecule has 1 aromatic rings. The average molecular weight is 361 g/mol. The summed E-state index contributed by atoms with van der Waals surface area (Å²) in [6.07, 6.45) is 7.94. The standard InChI is InChI=1S/C20H32N4O2/c1-15-12-17(23-22-15)13-18(25)24-10-8-20(2,9-11-24)14-21-19(26)16-6-4-3-5-7-16/h12,16H,3-11,13-14H2,1-2H3,(H,21,26)(H,22,23). The maximum atomic E-state index is 12.5. The first kappa shape index (κ1) is 18.9. The molecule has 0 spiro atoms. The zero-order chi connectivity index (χ0) is 18.6. The zero-order valence-electron chi connectivity index (χ0n) is 16.1. The number of H-pyrrole nitrogens is 1. The highest BCUT2D eigenvalue weighted by molar-refractivity contribution is 5.79. The van der Waals surface area contributed by atoms with Gasteiger partial charge in [-0.3, -0.25) is 14.7 Å². The Kier molecular flexibility index (Phi) is 5.99. The summed E-state index contributed by atoms with van der Waals surface area (Å²) in [5.41, 5.74) is 1.87. The molecule has 2 amide bonds. The maximum absolute atomic E-state index is 12.5. The van der Waals surface area contributed by atoms with Gasteiger partial charge in [0.1, 0.15) is 0 Å². The van der Waals surface area contributed by atoms with Crippen molar-refractivity contribution < 1.29 is 9.59 Å². The van der Waals surface area contributed by atoms with Gasteiger partial charge in [-0.1, -0.05) is 26.2 Å². The molecule has 1 aliphatic carbocycles. The van der Waals surface area contributed by atoms with Crippen LogP contribution in [0.25, 0.3) is 0 Å². The van der Waals surface area contributed by atoms with E-state index < -0.39 is 0 Å². The Bertz CT molecular complexity index is 626. The van der Waals surface area contributed by atoms with Crippen molar-refractivity contribution in [3.05, 3.63) is 17.5 Å². The predicted octanol–water partition coefficient (Wildman–Crippen LogP) is 2.59. The van der Waals surface area contributed by atoms with Crippen LogP contribution in [0.1, 0.15) is 63.3 Å². The SMILES string of the molecule is Cc1cc(CC(=O)N2CCC(C)(CNC(=O)C3CCCCC3)CC2)n[nH]1. The molecule has 2 N–H and O–H groups in total. The molecule has 2 heterocycles. The number of hydrogen-bond donors (Lipinski definition) is 2. The minimum Gasteiger partial charge on any atom is -0.355 e. The maximum Gasteiger partial charge on any atom is 0.228 e. The van der Waals surface area contributed by atoms with E-state index in [9.17, 15) is 9.59 Å². The molecule has 0 aromatic carbocycles. The van der Waals surface area contributed by atoms with Gasteiger partial charge in [0.05, 0.1) is 12.1 Å². The Morgan fingerprint density at radius 2 is 1.96 bits per heavy atom. The van der Waals surface area contributed by atoms with E-state index in [1.807, 2.05) is 17.9 Å². The number of nitrogens with one attached hydrogen (secondary N) is 2. The topological polar surface area (TPSA) is 78.1 Å². The van der Waals surface area contributed by atoms with Crippen molar-refractivity contribution >= 4 is 11.8 Å². The van der Waals surface area contributed by atoms with Gasteiger partial charge in [0, 0.05) is 31.2 Å². The quantitative estimate of drug-likeness (QED) is 0.847. The molecule has 6 nitrogen and oxygen atoms in total. The molecule has 3 rings (SSSR count). The molecule has 0 radical (unpaired) electrons. The van der Waals surface area contributed by atoms with Gasteiger partial charge in [-0.05, 0) is 44.1 Å². The molecular weight excluding hydrogens is 328 g/mol. The summed E-state index contributed by atoms with van der Waals surface area (Å²) in [5.74, 6) is 0.592. The summed E-state index contributed by atoms with van der Waals surface area (Å²) in [7, 11) is 0. The van der Waals surface area contributed by atoms with Crippen molar-refractivity contribution in [2.45, 2.75) is 65.2 Å². The number of hydrogen-bond acceptors (Lipinski definition) is 3. The van der Waals surface area contributed by atoms with Crippen molar-refractivity contribution in [1.82, 2.24) is 20.4 Å². The number of aromatic amines is 1. The van der Waals surface area contributed by atoms with Crippen molar-refractivity contribution in [3.63, 3.8) is 0 Å². The van der Waals surface area contributed by atoms with Crippen molar-refractivity contribution in [2.75, 3.05) is 19.6 Å². The molecule has 1 aliphatic heterocycles. The molecule has 2 aliphatic rings. The van der Waals surface area contributed by atoms with E-state index in [1.54, 1.807) is 0 Å². The molecule has 2 fully saturated rings. The van der Waals surface area contributed by atoms with Crippen LogP contribution >= 0.6 is 0 Å². The van der Waals surface area contributed by atoms with Crippen LogP contribution in [0.4, 0.5) is 0 Å². The van der Waals surface area contributed by atoms with Crippen LogP contribution in [0.2, 0.25) is 0 Å². The van der Waals surface area contributed by atoms with Gasteiger partial charge in [0.2, 0.25) is 11.8 Å². The van der Waals surface area contributed by atoms with Gasteiger partial charge in [0.25, 0.3) is 0 Å². The van der Waals surface area contributed by atoms with E-state index in [1.165, 1.54) is 19.3 Å². The number of nitrogens with zero attached hydrogens (tertiary/aromatic N) is 2. The monoisotopic (exact) mass is 360 g/mol. The largest absolute Gasteiger partial charge is 0.355 e. The Labute approximate surface area is 156 Å². The second-order valence-corrected chi connectivity index (χ2v) is 8.46. The highest BCUT2D eigenvalue weighted by Crippen LogP contribution is 2.31. The molecule has 6 heteroatoms. The average Bonchev–Trinajstić information content (AvgIpc) is 3.06. The smallest absolute Gasteiger partial charge is 0.228 e. The van der Waals surface area contributed by atoms with E-state index in [2.05, 4.69) is 22.4 Å². The zero-order valence-corrected chi connectivity index (χ0v) is 16.1. The molecule has 1 aromatic heterocycles. The van der Waals surface area contributed by atoms with E-state index in [0.717, 1.165) is 56.7 Å². The van der Waals surface area contributed by atoms with E-state index in [0.29, 0.717) is 6.42 Å². The van der Waals surface area contributed by atoms with E-state index in [4.69, 9.17) is 0 Å². The summed E-state index contributed by atoms with van der Waals surface area (Å²) < 4.78 is 0. The third-order valence-electron chi connectivity index (χ3n) is 6.08. The lowest BCUT2D eigenvalue weighted by Gasteiger charge is -2.39. The minimum atomic E-state index is 0.0873. The van der Waals surface area contributed by atoms with E-state index in [-0.39, 0.29) is 23.1 Å². The van der Waals surface area contributed by atoms with Gasteiger partial charge in [0.15, 0.2) is 0 Å². The van der Waals surface area contributed by atoms with Crippen molar-refractivity contribution in [1.29, 1.82) is 0 Å². The normalized spacial score (nSPS) is 20.8. The first-order valence-electron chi connectivity index (χ1n) is 10.0. The number of piperidine rings is 1. The lowest BCUT2D eigenvalue weighted by molar-refractivity contribution is -0.133. The lowest BCUT2D eigenvalue weighted by atomic mass is 9.80. The molecule has 144 valence electrons. The summed E-state index contributed by atoms with van der Waals surface area (Å²) >= 11 is 0. The van der Waals surface area contributed by atoms with Crippen LogP contribution in [-0.2, 0) is 16.0 Å². The highest BCUT2D eigenvalue weighted by atomic mass is 16.2.